The summed E-state index contributed by atoms with van der Waals surface area (Å²) in [6, 6.07) is 20.9. The van der Waals surface area contributed by atoms with Crippen LogP contribution in [0.4, 0.5) is 10.1 Å². The number of methoxy groups -OCH3 is 1. The van der Waals surface area contributed by atoms with Crippen LogP contribution in [-0.2, 0) is 11.3 Å². The molecule has 1 aromatic heterocycles. The minimum absolute atomic E-state index is 0.213. The highest BCUT2D eigenvalue weighted by Crippen LogP contribution is 2.22. The molecule has 0 aliphatic heterocycles. The number of nitrogens with one attached hydrogen (secondary N) is 1. The van der Waals surface area contributed by atoms with Gasteiger partial charge in [-0.2, -0.15) is 0 Å². The Hall–Kier alpha value is -3.97. The van der Waals surface area contributed by atoms with E-state index in [0.717, 1.165) is 16.7 Å². The molecule has 7 heteroatoms. The van der Waals surface area contributed by atoms with Gasteiger partial charge in [0, 0.05) is 6.08 Å². The molecule has 0 aliphatic rings. The number of halogens is 1. The maximum absolute atomic E-state index is 13.4. The molecule has 34 heavy (non-hydrogen) atoms. The molecule has 1 heterocycles. The van der Waals surface area contributed by atoms with Gasteiger partial charge >= 0.3 is 0 Å². The van der Waals surface area contributed by atoms with Crippen molar-refractivity contribution in [1.82, 2.24) is 4.57 Å². The molecule has 0 bridgehead atoms. The topological polar surface area (TPSA) is 60.3 Å². The number of hydrogen-bond donors (Lipinski definition) is 1. The van der Waals surface area contributed by atoms with Gasteiger partial charge in [-0.1, -0.05) is 54.1 Å². The minimum Gasteiger partial charge on any atom is -0.495 e. The highest BCUT2D eigenvalue weighted by atomic mass is 32.1. The Morgan fingerprint density at radius 1 is 1.06 bits per heavy atom. The lowest BCUT2D eigenvalue weighted by Crippen LogP contribution is -2.32. The van der Waals surface area contributed by atoms with Gasteiger partial charge in [0.05, 0.1) is 23.9 Å². The lowest BCUT2D eigenvalue weighted by atomic mass is 10.1. The third-order valence-corrected chi connectivity index (χ3v) is 6.24. The molecule has 1 N–H and O–H groups in total. The number of para-hydroxylation sites is 2. The number of benzene rings is 3. The van der Waals surface area contributed by atoms with Crippen LogP contribution in [0.3, 0.4) is 0 Å². The lowest BCUT2D eigenvalue weighted by Gasteiger charge is -2.08. The number of thiazole rings is 1. The van der Waals surface area contributed by atoms with Gasteiger partial charge in [-0.15, -0.1) is 11.3 Å². The molecular weight excluding hydrogens is 451 g/mol. The van der Waals surface area contributed by atoms with Crippen molar-refractivity contribution in [2.24, 2.45) is 0 Å². The smallest absolute Gasteiger partial charge is 0.269 e. The molecule has 0 aliphatic carbocycles. The second-order valence-electron chi connectivity index (χ2n) is 7.71. The SMILES string of the molecule is COc1ccccc1NC(=O)/C=c1\s/c(=C/c2ccc(C)cc2)c(=O)n1Cc1ccc(F)cc1. The normalized spacial score (nSPS) is 12.1. The Morgan fingerprint density at radius 2 is 1.76 bits per heavy atom. The molecule has 0 fully saturated rings. The number of aromatic nitrogens is 1. The quantitative estimate of drug-likeness (QED) is 0.464. The van der Waals surface area contributed by atoms with Crippen molar-refractivity contribution >= 4 is 35.1 Å². The van der Waals surface area contributed by atoms with Crippen LogP contribution in [0.15, 0.2) is 77.6 Å². The summed E-state index contributed by atoms with van der Waals surface area (Å²) < 4.78 is 21.2. The Balaban J connectivity index is 1.77. The van der Waals surface area contributed by atoms with E-state index in [2.05, 4.69) is 5.32 Å². The maximum atomic E-state index is 13.4. The van der Waals surface area contributed by atoms with Crippen molar-refractivity contribution in [1.29, 1.82) is 0 Å². The average molecular weight is 475 g/mol. The number of anilines is 1. The fourth-order valence-corrected chi connectivity index (χ4v) is 4.45. The Bertz CT molecular complexity index is 1490. The first-order valence-electron chi connectivity index (χ1n) is 10.6. The first-order valence-corrected chi connectivity index (χ1v) is 11.4. The van der Waals surface area contributed by atoms with Crippen LogP contribution in [0.25, 0.3) is 12.2 Å². The summed E-state index contributed by atoms with van der Waals surface area (Å²) in [4.78, 5) is 26.1. The van der Waals surface area contributed by atoms with Gasteiger partial charge in [-0.3, -0.25) is 14.2 Å². The van der Waals surface area contributed by atoms with Crippen molar-refractivity contribution in [2.75, 3.05) is 12.4 Å². The van der Waals surface area contributed by atoms with E-state index in [4.69, 9.17) is 4.74 Å². The summed E-state index contributed by atoms with van der Waals surface area (Å²) in [5.41, 5.74) is 3.08. The van der Waals surface area contributed by atoms with Crippen molar-refractivity contribution in [3.63, 3.8) is 0 Å². The molecule has 0 atom stereocenters. The standard InChI is InChI=1S/C27H23FN2O3S/c1-18-7-9-19(10-8-18)15-24-27(32)30(17-20-11-13-21(28)14-12-20)26(34-24)16-25(31)29-22-5-3-4-6-23(22)33-2/h3-16H,17H2,1-2H3,(H,29,31)/b24-15+,26-16-. The molecular formula is C27H23FN2O3S. The fraction of sp³-hybridized carbons (Fsp3) is 0.111. The molecule has 0 unspecified atom stereocenters. The molecule has 4 aromatic rings. The molecule has 0 spiro atoms. The predicted molar refractivity (Wildman–Crippen MR) is 134 cm³/mol. The molecule has 172 valence electrons. The van der Waals surface area contributed by atoms with E-state index in [1.165, 1.54) is 41.2 Å². The zero-order chi connectivity index (χ0) is 24.1. The monoisotopic (exact) mass is 474 g/mol. The van der Waals surface area contributed by atoms with E-state index in [-0.39, 0.29) is 23.8 Å². The van der Waals surface area contributed by atoms with Gasteiger partial charge < -0.3 is 10.1 Å². The summed E-state index contributed by atoms with van der Waals surface area (Å²) in [5, 5.41) is 2.81. The number of rotatable bonds is 6. The van der Waals surface area contributed by atoms with Crippen molar-refractivity contribution in [3.8, 4) is 5.75 Å². The third-order valence-electron chi connectivity index (χ3n) is 5.18. The second-order valence-corrected chi connectivity index (χ2v) is 8.77. The number of amides is 1. The third kappa shape index (κ3) is 5.50. The Kier molecular flexibility index (Phi) is 7.04. The van der Waals surface area contributed by atoms with E-state index in [1.54, 1.807) is 30.3 Å². The van der Waals surface area contributed by atoms with E-state index in [0.29, 0.717) is 20.6 Å². The summed E-state index contributed by atoms with van der Waals surface area (Å²) in [5.74, 6) is -0.203. The molecule has 1 amide bonds. The molecule has 0 saturated carbocycles. The van der Waals surface area contributed by atoms with Gasteiger partial charge in [-0.05, 0) is 48.4 Å². The number of carbonyl (C=O) groups is 1. The van der Waals surface area contributed by atoms with Crippen LogP contribution in [0, 0.1) is 12.7 Å². The first-order chi connectivity index (χ1) is 16.4. The number of aryl methyl sites for hydroxylation is 1. The Labute approximate surface area is 200 Å². The van der Waals surface area contributed by atoms with Crippen molar-refractivity contribution in [2.45, 2.75) is 13.5 Å². The van der Waals surface area contributed by atoms with Crippen LogP contribution >= 0.6 is 11.3 Å². The summed E-state index contributed by atoms with van der Waals surface area (Å²) in [6.07, 6.45) is 3.21. The van der Waals surface area contributed by atoms with Crippen LogP contribution in [-0.4, -0.2) is 17.6 Å². The molecule has 5 nitrogen and oxygen atoms in total. The Morgan fingerprint density at radius 3 is 2.47 bits per heavy atom. The number of carbonyl (C=O) groups excluding carboxylic acids is 1. The first kappa shape index (κ1) is 23.2. The summed E-state index contributed by atoms with van der Waals surface area (Å²) >= 11 is 1.23. The van der Waals surface area contributed by atoms with Crippen LogP contribution in [0.5, 0.6) is 5.75 Å². The van der Waals surface area contributed by atoms with Crippen LogP contribution < -0.4 is 24.8 Å². The van der Waals surface area contributed by atoms with Crippen molar-refractivity contribution in [3.05, 3.63) is 115 Å². The molecule has 0 saturated heterocycles. The number of hydrogen-bond acceptors (Lipinski definition) is 4. The van der Waals surface area contributed by atoms with Gasteiger partial charge in [0.15, 0.2) is 0 Å². The van der Waals surface area contributed by atoms with Crippen molar-refractivity contribution < 1.29 is 13.9 Å². The van der Waals surface area contributed by atoms with E-state index >= 15 is 0 Å². The molecule has 0 radical (unpaired) electrons. The highest BCUT2D eigenvalue weighted by Gasteiger charge is 2.10. The van der Waals surface area contributed by atoms with Gasteiger partial charge in [0.25, 0.3) is 11.5 Å². The zero-order valence-corrected chi connectivity index (χ0v) is 19.6. The highest BCUT2D eigenvalue weighted by molar-refractivity contribution is 7.07. The number of nitrogens with zero attached hydrogens (tertiary/aromatic N) is 1. The van der Waals surface area contributed by atoms with Gasteiger partial charge in [-0.25, -0.2) is 4.39 Å². The summed E-state index contributed by atoms with van der Waals surface area (Å²) in [6.45, 7) is 2.21. The summed E-state index contributed by atoms with van der Waals surface area (Å²) in [7, 11) is 1.53. The maximum Gasteiger partial charge on any atom is 0.269 e. The largest absolute Gasteiger partial charge is 0.495 e. The second kappa shape index (κ2) is 10.3. The van der Waals surface area contributed by atoms with E-state index in [9.17, 15) is 14.0 Å². The molecule has 3 aromatic carbocycles. The van der Waals surface area contributed by atoms with Gasteiger partial charge in [0.1, 0.15) is 16.2 Å². The average Bonchev–Trinajstić information content (AvgIpc) is 3.11. The lowest BCUT2D eigenvalue weighted by molar-refractivity contribution is -0.110. The van der Waals surface area contributed by atoms with E-state index < -0.39 is 0 Å². The predicted octanol–water partition coefficient (Wildman–Crippen LogP) is 3.66. The van der Waals surface area contributed by atoms with E-state index in [1.807, 2.05) is 43.3 Å². The van der Waals surface area contributed by atoms with Crippen LogP contribution in [0.1, 0.15) is 16.7 Å². The fourth-order valence-electron chi connectivity index (χ4n) is 3.41. The van der Waals surface area contributed by atoms with Gasteiger partial charge in [0.2, 0.25) is 0 Å². The van der Waals surface area contributed by atoms with Crippen LogP contribution in [0.2, 0.25) is 0 Å². The molecule has 4 rings (SSSR count). The zero-order valence-electron chi connectivity index (χ0n) is 18.7. The number of ether oxygens (including phenoxy) is 1. The minimum atomic E-state index is -0.388.